The van der Waals surface area contributed by atoms with Gasteiger partial charge in [0, 0.05) is 10.4 Å². The lowest BCUT2D eigenvalue weighted by Crippen LogP contribution is -2.31. The largest absolute Gasteiger partial charge is 0.457 e. The smallest absolute Gasteiger partial charge is 0.325 e. The minimum absolute atomic E-state index is 0.267. The minimum atomic E-state index is -0.677. The third-order valence-electron chi connectivity index (χ3n) is 3.87. The number of esters is 1. The number of para-hydroxylation sites is 1. The van der Waals surface area contributed by atoms with Gasteiger partial charge in [0.1, 0.15) is 18.0 Å². The maximum Gasteiger partial charge on any atom is 0.325 e. The molecule has 1 amide bonds. The van der Waals surface area contributed by atoms with E-state index in [0.29, 0.717) is 21.9 Å². The van der Waals surface area contributed by atoms with Gasteiger partial charge in [0.15, 0.2) is 6.61 Å². The lowest BCUT2D eigenvalue weighted by atomic mass is 10.2. The van der Waals surface area contributed by atoms with Crippen molar-refractivity contribution in [2.45, 2.75) is 6.92 Å². The lowest BCUT2D eigenvalue weighted by Gasteiger charge is -2.08. The number of nitrogens with one attached hydrogen (secondary N) is 1. The quantitative estimate of drug-likeness (QED) is 0.449. The average molecular weight is 409 g/mol. The molecule has 2 aromatic carbocycles. The van der Waals surface area contributed by atoms with Crippen LogP contribution in [-0.2, 0) is 9.53 Å². The van der Waals surface area contributed by atoms with Crippen LogP contribution in [0, 0.1) is 6.92 Å². The summed E-state index contributed by atoms with van der Waals surface area (Å²) in [6.07, 6.45) is 0. The minimum Gasteiger partial charge on any atom is -0.457 e. The normalized spacial score (nSPS) is 10.2. The molecular formula is C22H19NO5S. The first kappa shape index (κ1) is 20.3. The molecule has 1 N–H and O–H groups in total. The van der Waals surface area contributed by atoms with E-state index in [1.54, 1.807) is 30.3 Å². The highest BCUT2D eigenvalue weighted by Crippen LogP contribution is 2.21. The van der Waals surface area contributed by atoms with E-state index in [1.807, 2.05) is 43.3 Å². The highest BCUT2D eigenvalue weighted by atomic mass is 32.1. The van der Waals surface area contributed by atoms with Gasteiger partial charge in [-0.1, -0.05) is 18.2 Å². The fraction of sp³-hybridized carbons (Fsp3) is 0.136. The summed E-state index contributed by atoms with van der Waals surface area (Å²) in [5.41, 5.74) is 0.378. The van der Waals surface area contributed by atoms with Gasteiger partial charge in [0.05, 0.1) is 4.88 Å². The van der Waals surface area contributed by atoms with E-state index in [1.165, 1.54) is 11.3 Å². The molecule has 0 saturated carbocycles. The zero-order chi connectivity index (χ0) is 20.6. The number of ether oxygens (including phenoxy) is 2. The van der Waals surface area contributed by atoms with E-state index in [2.05, 4.69) is 5.32 Å². The van der Waals surface area contributed by atoms with Gasteiger partial charge in [0.2, 0.25) is 5.78 Å². The Morgan fingerprint density at radius 2 is 1.59 bits per heavy atom. The number of thiophene rings is 1. The molecule has 0 aliphatic rings. The van der Waals surface area contributed by atoms with Gasteiger partial charge >= 0.3 is 5.97 Å². The van der Waals surface area contributed by atoms with Crippen LogP contribution in [0.3, 0.4) is 0 Å². The molecule has 1 heterocycles. The first-order valence-electron chi connectivity index (χ1n) is 8.88. The number of benzene rings is 2. The molecule has 7 heteroatoms. The van der Waals surface area contributed by atoms with Crippen LogP contribution in [0.5, 0.6) is 11.5 Å². The molecule has 0 spiro atoms. The molecule has 1 aromatic heterocycles. The Hall–Kier alpha value is -3.45. The van der Waals surface area contributed by atoms with Gasteiger partial charge in [-0.15, -0.1) is 11.3 Å². The van der Waals surface area contributed by atoms with Crippen molar-refractivity contribution in [2.75, 3.05) is 13.2 Å². The zero-order valence-electron chi connectivity index (χ0n) is 15.7. The first-order valence-corrected chi connectivity index (χ1v) is 9.69. The molecule has 0 unspecified atom stereocenters. The maximum atomic E-state index is 12.2. The number of hydrogen-bond acceptors (Lipinski definition) is 6. The molecule has 0 fully saturated rings. The monoisotopic (exact) mass is 409 g/mol. The van der Waals surface area contributed by atoms with E-state index in [9.17, 15) is 14.4 Å². The van der Waals surface area contributed by atoms with Crippen molar-refractivity contribution in [1.29, 1.82) is 0 Å². The highest BCUT2D eigenvalue weighted by Gasteiger charge is 2.13. The predicted octanol–water partition coefficient (Wildman–Crippen LogP) is 4.00. The number of rotatable bonds is 8. The Balaban J connectivity index is 1.43. The first-order chi connectivity index (χ1) is 14.0. The fourth-order valence-corrected chi connectivity index (χ4v) is 3.20. The molecule has 0 bridgehead atoms. The summed E-state index contributed by atoms with van der Waals surface area (Å²) >= 11 is 1.34. The molecular weight excluding hydrogens is 390 g/mol. The lowest BCUT2D eigenvalue weighted by molar-refractivity contribution is -0.141. The zero-order valence-corrected chi connectivity index (χ0v) is 16.5. The molecule has 0 atom stereocenters. The second kappa shape index (κ2) is 9.66. The fourth-order valence-electron chi connectivity index (χ4n) is 2.41. The topological polar surface area (TPSA) is 81.7 Å². The third-order valence-corrected chi connectivity index (χ3v) is 4.91. The van der Waals surface area contributed by atoms with Gasteiger partial charge in [-0.05, 0) is 55.5 Å². The summed E-state index contributed by atoms with van der Waals surface area (Å²) in [7, 11) is 0. The van der Waals surface area contributed by atoms with E-state index < -0.39 is 11.9 Å². The van der Waals surface area contributed by atoms with Crippen molar-refractivity contribution in [3.05, 3.63) is 82.0 Å². The number of carbonyl (C=O) groups is 3. The van der Waals surface area contributed by atoms with Gasteiger partial charge in [-0.2, -0.15) is 0 Å². The summed E-state index contributed by atoms with van der Waals surface area (Å²) in [5.74, 6) is -0.0802. The molecule has 148 valence electrons. The molecule has 6 nitrogen and oxygen atoms in total. The van der Waals surface area contributed by atoms with E-state index in [-0.39, 0.29) is 18.9 Å². The number of ketones is 1. The van der Waals surface area contributed by atoms with Crippen molar-refractivity contribution in [3.63, 3.8) is 0 Å². The van der Waals surface area contributed by atoms with Crippen LogP contribution >= 0.6 is 11.3 Å². The Kier molecular flexibility index (Phi) is 6.76. The van der Waals surface area contributed by atoms with E-state index in [4.69, 9.17) is 9.47 Å². The predicted molar refractivity (Wildman–Crippen MR) is 110 cm³/mol. The van der Waals surface area contributed by atoms with E-state index >= 15 is 0 Å². The summed E-state index contributed by atoms with van der Waals surface area (Å²) in [6.45, 7) is 1.22. The Morgan fingerprint density at radius 1 is 0.897 bits per heavy atom. The number of amides is 1. The van der Waals surface area contributed by atoms with Crippen LogP contribution < -0.4 is 10.1 Å². The van der Waals surface area contributed by atoms with Crippen LogP contribution in [0.25, 0.3) is 0 Å². The van der Waals surface area contributed by atoms with Crippen LogP contribution in [0.2, 0.25) is 0 Å². The number of hydrogen-bond donors (Lipinski definition) is 1. The molecule has 29 heavy (non-hydrogen) atoms. The maximum absolute atomic E-state index is 12.2. The molecule has 0 aliphatic carbocycles. The number of aryl methyl sites for hydroxylation is 1. The molecule has 3 rings (SSSR count). The van der Waals surface area contributed by atoms with Gasteiger partial charge < -0.3 is 14.8 Å². The van der Waals surface area contributed by atoms with Crippen molar-refractivity contribution < 1.29 is 23.9 Å². The Bertz CT molecular complexity index is 996. The summed E-state index contributed by atoms with van der Waals surface area (Å²) in [4.78, 5) is 37.4. The average Bonchev–Trinajstić information content (AvgIpc) is 3.18. The summed E-state index contributed by atoms with van der Waals surface area (Å²) in [5, 5.41) is 2.47. The van der Waals surface area contributed by atoms with E-state index in [0.717, 1.165) is 4.88 Å². The van der Waals surface area contributed by atoms with Gasteiger partial charge in [-0.25, -0.2) is 0 Å². The standard InChI is InChI=1S/C22H19NO5S/c1-15-7-12-20(29-15)19(24)14-27-21(25)13-23-22(26)16-8-10-18(11-9-16)28-17-5-3-2-4-6-17/h2-12H,13-14H2,1H3,(H,23,26). The van der Waals surface area contributed by atoms with Crippen molar-refractivity contribution in [3.8, 4) is 11.5 Å². The van der Waals surface area contributed by atoms with Crippen LogP contribution in [0.15, 0.2) is 66.7 Å². The summed E-state index contributed by atoms with van der Waals surface area (Å²) in [6, 6.07) is 19.3. The highest BCUT2D eigenvalue weighted by molar-refractivity contribution is 7.14. The Morgan fingerprint density at radius 3 is 2.24 bits per heavy atom. The second-order valence-corrected chi connectivity index (χ2v) is 7.40. The molecule has 3 aromatic rings. The van der Waals surface area contributed by atoms with Gasteiger partial charge in [0.25, 0.3) is 5.91 Å². The second-order valence-electron chi connectivity index (χ2n) is 6.12. The van der Waals surface area contributed by atoms with Crippen molar-refractivity contribution in [2.24, 2.45) is 0 Å². The molecule has 0 radical (unpaired) electrons. The third kappa shape index (κ3) is 6.02. The SMILES string of the molecule is Cc1ccc(C(=O)COC(=O)CNC(=O)c2ccc(Oc3ccccc3)cc2)s1. The van der Waals surface area contributed by atoms with Crippen molar-refractivity contribution in [1.82, 2.24) is 5.32 Å². The van der Waals surface area contributed by atoms with Crippen LogP contribution in [0.4, 0.5) is 0 Å². The van der Waals surface area contributed by atoms with Crippen molar-refractivity contribution >= 4 is 29.0 Å². The van der Waals surface area contributed by atoms with Crippen LogP contribution in [-0.4, -0.2) is 30.8 Å². The summed E-state index contributed by atoms with van der Waals surface area (Å²) < 4.78 is 10.6. The van der Waals surface area contributed by atoms with Crippen LogP contribution in [0.1, 0.15) is 24.9 Å². The van der Waals surface area contributed by atoms with Gasteiger partial charge in [-0.3, -0.25) is 14.4 Å². The number of Topliss-reactive ketones (excluding diaryl/α,β-unsaturated/α-hetero) is 1. The molecule has 0 saturated heterocycles. The number of carbonyl (C=O) groups excluding carboxylic acids is 3. The molecule has 0 aliphatic heterocycles. The Labute approximate surface area is 172 Å².